The minimum atomic E-state index is -0.563. The number of imidazole rings is 1. The summed E-state index contributed by atoms with van der Waals surface area (Å²) in [7, 11) is 0. The van der Waals surface area contributed by atoms with Gasteiger partial charge in [-0.3, -0.25) is 9.36 Å². The van der Waals surface area contributed by atoms with E-state index in [4.69, 9.17) is 14.7 Å². The van der Waals surface area contributed by atoms with Crippen molar-refractivity contribution in [3.8, 4) is 0 Å². The second-order valence-corrected chi connectivity index (χ2v) is 12.1. The van der Waals surface area contributed by atoms with E-state index in [1.165, 1.54) is 0 Å². The molecule has 1 N–H and O–H groups in total. The molecule has 4 aromatic rings. The van der Waals surface area contributed by atoms with Gasteiger partial charge in [0.25, 0.3) is 5.56 Å². The third-order valence-corrected chi connectivity index (χ3v) is 7.35. The number of piperidine rings is 1. The summed E-state index contributed by atoms with van der Waals surface area (Å²) in [6.45, 7) is 13.8. The largest absolute Gasteiger partial charge is 0.444 e. The van der Waals surface area contributed by atoms with E-state index in [2.05, 4.69) is 40.6 Å². The molecule has 1 saturated heterocycles. The van der Waals surface area contributed by atoms with Crippen molar-refractivity contribution in [2.45, 2.75) is 79.1 Å². The predicted octanol–water partition coefficient (Wildman–Crippen LogP) is 5.56. The van der Waals surface area contributed by atoms with E-state index in [0.717, 1.165) is 41.3 Å². The van der Waals surface area contributed by atoms with E-state index in [9.17, 15) is 9.59 Å². The molecule has 1 aliphatic rings. The van der Waals surface area contributed by atoms with Crippen LogP contribution >= 0.6 is 0 Å². The zero-order valence-electron chi connectivity index (χ0n) is 24.9. The molecule has 1 atom stereocenters. The Morgan fingerprint density at radius 1 is 1.10 bits per heavy atom. The minimum Gasteiger partial charge on any atom is -0.444 e. The van der Waals surface area contributed by atoms with Crippen LogP contribution in [0.3, 0.4) is 0 Å². The van der Waals surface area contributed by atoms with Crippen molar-refractivity contribution in [3.05, 3.63) is 75.9 Å². The molecule has 1 unspecified atom stereocenters. The van der Waals surface area contributed by atoms with Crippen molar-refractivity contribution < 1.29 is 9.53 Å². The number of nitrogens with zero attached hydrogens (tertiary/aromatic N) is 5. The highest BCUT2D eigenvalue weighted by Gasteiger charge is 2.28. The van der Waals surface area contributed by atoms with Gasteiger partial charge in [-0.25, -0.2) is 9.78 Å². The summed E-state index contributed by atoms with van der Waals surface area (Å²) in [5, 5.41) is 5.28. The Morgan fingerprint density at radius 3 is 2.61 bits per heavy atom. The monoisotopic (exact) mass is 556 g/mol. The van der Waals surface area contributed by atoms with Crippen LogP contribution in [0.15, 0.2) is 58.9 Å². The van der Waals surface area contributed by atoms with Gasteiger partial charge >= 0.3 is 6.09 Å². The Kier molecular flexibility index (Phi) is 7.89. The van der Waals surface area contributed by atoms with E-state index < -0.39 is 11.7 Å². The maximum atomic E-state index is 14.1. The number of hydrogen-bond acceptors (Lipinski definition) is 6. The second kappa shape index (κ2) is 11.4. The Hall–Kier alpha value is -4.14. The highest BCUT2D eigenvalue weighted by atomic mass is 16.6. The van der Waals surface area contributed by atoms with Crippen molar-refractivity contribution in [3.63, 3.8) is 0 Å². The molecule has 0 bridgehead atoms. The lowest BCUT2D eigenvalue weighted by atomic mass is 10.0. The number of hydrogen-bond donors (Lipinski definition) is 1. The number of carbonyl (C=O) groups is 1. The number of carbonyl (C=O) groups excluding carboxylic acids is 1. The van der Waals surface area contributed by atoms with Gasteiger partial charge in [0.1, 0.15) is 11.4 Å². The lowest BCUT2D eigenvalue weighted by Gasteiger charge is -2.34. The van der Waals surface area contributed by atoms with Crippen molar-refractivity contribution in [1.29, 1.82) is 0 Å². The van der Waals surface area contributed by atoms with E-state index in [1.54, 1.807) is 4.57 Å². The number of aryl methyl sites for hydroxylation is 1. The summed E-state index contributed by atoms with van der Waals surface area (Å²) >= 11 is 0. The maximum Gasteiger partial charge on any atom is 0.407 e. The van der Waals surface area contributed by atoms with Crippen LogP contribution in [0.2, 0.25) is 0 Å². The first kappa shape index (κ1) is 28.4. The molecule has 41 heavy (non-hydrogen) atoms. The molecule has 0 aliphatic carbocycles. The molecule has 3 heterocycles. The molecule has 0 saturated carbocycles. The molecule has 9 nitrogen and oxygen atoms in total. The number of benzene rings is 2. The number of anilines is 1. The molecule has 1 amide bonds. The topological polar surface area (TPSA) is 94.3 Å². The molecule has 2 aromatic carbocycles. The fraction of sp³-hybridized carbons (Fsp3) is 0.438. The molecular formula is C32H40N6O3. The summed E-state index contributed by atoms with van der Waals surface area (Å²) in [5.74, 6) is 1.32. The molecule has 1 aliphatic heterocycles. The number of allylic oxidation sites excluding steroid dienone is 2. The average molecular weight is 557 g/mol. The lowest BCUT2D eigenvalue weighted by Crippen LogP contribution is -2.49. The molecular weight excluding hydrogens is 516 g/mol. The smallest absolute Gasteiger partial charge is 0.407 e. The van der Waals surface area contributed by atoms with Crippen LogP contribution < -0.4 is 15.8 Å². The van der Waals surface area contributed by atoms with Crippen LogP contribution in [0, 0.1) is 6.92 Å². The Morgan fingerprint density at radius 2 is 1.85 bits per heavy atom. The van der Waals surface area contributed by atoms with Crippen LogP contribution in [-0.4, -0.2) is 49.9 Å². The lowest BCUT2D eigenvalue weighted by molar-refractivity contribution is 0.0499. The first-order valence-electron chi connectivity index (χ1n) is 14.3. The van der Waals surface area contributed by atoms with Gasteiger partial charge in [0, 0.05) is 25.7 Å². The Bertz CT molecular complexity index is 1670. The van der Waals surface area contributed by atoms with Crippen molar-refractivity contribution >= 4 is 34.0 Å². The fourth-order valence-electron chi connectivity index (χ4n) is 5.43. The number of aromatic nitrogens is 4. The highest BCUT2D eigenvalue weighted by molar-refractivity contribution is 5.85. The Labute approximate surface area is 240 Å². The molecule has 0 spiro atoms. The van der Waals surface area contributed by atoms with E-state index in [1.807, 2.05) is 64.3 Å². The van der Waals surface area contributed by atoms with Crippen molar-refractivity contribution in [1.82, 2.24) is 24.4 Å². The maximum absolute atomic E-state index is 14.1. The average Bonchev–Trinajstić information content (AvgIpc) is 3.27. The zero-order valence-corrected chi connectivity index (χ0v) is 24.9. The van der Waals surface area contributed by atoms with Gasteiger partial charge in [-0.05, 0) is 70.7 Å². The molecule has 216 valence electrons. The number of alkyl carbamates (subject to hydrolysis) is 1. The summed E-state index contributed by atoms with van der Waals surface area (Å²) in [6, 6.07) is 14.3. The van der Waals surface area contributed by atoms with Crippen LogP contribution in [0.5, 0.6) is 0 Å². The summed E-state index contributed by atoms with van der Waals surface area (Å²) in [4.78, 5) is 38.5. The van der Waals surface area contributed by atoms with Crippen molar-refractivity contribution in [2.75, 3.05) is 18.0 Å². The van der Waals surface area contributed by atoms with Gasteiger partial charge in [0.05, 0.1) is 6.54 Å². The third-order valence-electron chi connectivity index (χ3n) is 7.35. The van der Waals surface area contributed by atoms with Gasteiger partial charge in [-0.1, -0.05) is 54.1 Å². The van der Waals surface area contributed by atoms with Gasteiger partial charge in [-0.15, -0.1) is 0 Å². The first-order chi connectivity index (χ1) is 19.5. The normalized spacial score (nSPS) is 15.8. The van der Waals surface area contributed by atoms with Crippen molar-refractivity contribution in [2.24, 2.45) is 0 Å². The molecule has 1 fully saturated rings. The number of fused-ring (bicyclic) bond motifs is 2. The summed E-state index contributed by atoms with van der Waals surface area (Å²) < 4.78 is 9.21. The highest BCUT2D eigenvalue weighted by Crippen LogP contribution is 2.25. The fourth-order valence-corrected chi connectivity index (χ4v) is 5.43. The number of rotatable bonds is 6. The summed E-state index contributed by atoms with van der Waals surface area (Å²) in [5.41, 5.74) is 2.48. The summed E-state index contributed by atoms with van der Waals surface area (Å²) in [6.07, 6.45) is 3.40. The number of amides is 1. The van der Waals surface area contributed by atoms with Crippen LogP contribution in [0.25, 0.3) is 21.9 Å². The van der Waals surface area contributed by atoms with Crippen LogP contribution in [-0.2, 0) is 17.8 Å². The molecule has 9 heteroatoms. The van der Waals surface area contributed by atoms with Crippen LogP contribution in [0.4, 0.5) is 10.7 Å². The Balaban J connectivity index is 1.53. The zero-order chi connectivity index (χ0) is 29.3. The van der Waals surface area contributed by atoms with Gasteiger partial charge in [0.15, 0.2) is 11.2 Å². The van der Waals surface area contributed by atoms with E-state index in [-0.39, 0.29) is 11.6 Å². The number of nitrogens with one attached hydrogen (secondary N) is 1. The van der Waals surface area contributed by atoms with Gasteiger partial charge in [0.2, 0.25) is 5.95 Å². The molecule has 0 radical (unpaired) electrons. The van der Waals surface area contributed by atoms with E-state index >= 15 is 0 Å². The molecule has 2 aromatic heterocycles. The first-order valence-corrected chi connectivity index (χ1v) is 14.3. The predicted molar refractivity (Wildman–Crippen MR) is 164 cm³/mol. The second-order valence-electron chi connectivity index (χ2n) is 12.1. The number of ether oxygens (including phenoxy) is 1. The van der Waals surface area contributed by atoms with Crippen LogP contribution in [0.1, 0.15) is 58.8 Å². The minimum absolute atomic E-state index is 0.0898. The SMILES string of the molecule is CC(C)=CCn1c(N2CCCC(NC(=O)OC(C)(C)C)C2)nc2nc(C)n(Cc3cccc4ccccc34)c(=O)c21. The molecule has 5 rings (SSSR count). The van der Waals surface area contributed by atoms with Gasteiger partial charge < -0.3 is 19.5 Å². The van der Waals surface area contributed by atoms with Gasteiger partial charge in [-0.2, -0.15) is 4.98 Å². The third kappa shape index (κ3) is 6.29. The standard InChI is InChI=1S/C32H40N6O3/c1-21(2)16-18-37-27-28(35-30(37)36-17-10-14-25(20-36)34-31(40)41-32(4,5)6)33-22(3)38(29(27)39)19-24-13-9-12-23-11-7-8-15-26(23)24/h7-9,11-13,15-16,25H,10,14,17-20H2,1-6H3,(H,34,40). The quantitative estimate of drug-likeness (QED) is 0.313. The van der Waals surface area contributed by atoms with E-state index in [0.29, 0.717) is 42.6 Å².